The van der Waals surface area contributed by atoms with Crippen molar-refractivity contribution in [2.75, 3.05) is 37.6 Å². The molecular formula is C30H31F3N4O3. The van der Waals surface area contributed by atoms with Crippen LogP contribution in [0.2, 0.25) is 0 Å². The molecule has 40 heavy (non-hydrogen) atoms. The van der Waals surface area contributed by atoms with E-state index in [9.17, 15) is 27.6 Å². The van der Waals surface area contributed by atoms with Crippen molar-refractivity contribution in [3.05, 3.63) is 75.9 Å². The lowest BCUT2D eigenvalue weighted by molar-refractivity contribution is -0.138. The second kappa shape index (κ2) is 12.0. The van der Waals surface area contributed by atoms with E-state index >= 15 is 0 Å². The zero-order valence-electron chi connectivity index (χ0n) is 22.6. The van der Waals surface area contributed by atoms with Gasteiger partial charge in [0.15, 0.2) is 0 Å². The largest absolute Gasteiger partial charge is 0.417 e. The highest BCUT2D eigenvalue weighted by molar-refractivity contribution is 6.32. The Hall–Kier alpha value is -3.97. The third-order valence-corrected chi connectivity index (χ3v) is 7.48. The number of amides is 3. The number of alkyl halides is 3. The number of carbonyl (C=O) groups excluding carboxylic acids is 3. The highest BCUT2D eigenvalue weighted by Crippen LogP contribution is 2.37. The maximum Gasteiger partial charge on any atom is 0.417 e. The first kappa shape index (κ1) is 29.0. The Kier molecular flexibility index (Phi) is 8.74. The van der Waals surface area contributed by atoms with Crippen molar-refractivity contribution in [2.45, 2.75) is 45.7 Å². The van der Waals surface area contributed by atoms with Gasteiger partial charge in [-0.05, 0) is 70.0 Å². The number of anilines is 1. The van der Waals surface area contributed by atoms with Crippen LogP contribution in [0.15, 0.2) is 53.6 Å². The van der Waals surface area contributed by atoms with Gasteiger partial charge in [0.25, 0.3) is 17.7 Å². The number of rotatable bonds is 8. The monoisotopic (exact) mass is 552 g/mol. The van der Waals surface area contributed by atoms with Crippen LogP contribution in [0.3, 0.4) is 0 Å². The van der Waals surface area contributed by atoms with E-state index in [0.29, 0.717) is 43.1 Å². The highest BCUT2D eigenvalue weighted by atomic mass is 19.4. The number of halogens is 3. The molecule has 0 bridgehead atoms. The summed E-state index contributed by atoms with van der Waals surface area (Å²) in [5.74, 6) is -1.21. The average molecular weight is 553 g/mol. The van der Waals surface area contributed by atoms with Crippen molar-refractivity contribution >= 4 is 23.4 Å². The molecule has 7 nitrogen and oxygen atoms in total. The van der Waals surface area contributed by atoms with Crippen LogP contribution in [0, 0.1) is 18.3 Å². The highest BCUT2D eigenvalue weighted by Gasteiger charge is 2.39. The van der Waals surface area contributed by atoms with E-state index in [1.165, 1.54) is 19.1 Å². The van der Waals surface area contributed by atoms with Crippen LogP contribution in [0.25, 0.3) is 0 Å². The Bertz CT molecular complexity index is 1370. The van der Waals surface area contributed by atoms with Gasteiger partial charge in [-0.3, -0.25) is 19.3 Å². The second-order valence-corrected chi connectivity index (χ2v) is 10.2. The molecule has 0 aromatic heterocycles. The summed E-state index contributed by atoms with van der Waals surface area (Å²) in [6.45, 7) is 7.25. The zero-order chi connectivity index (χ0) is 29.0. The van der Waals surface area contributed by atoms with Gasteiger partial charge in [-0.15, -0.1) is 0 Å². The Balaban J connectivity index is 1.24. The van der Waals surface area contributed by atoms with E-state index in [1.54, 1.807) is 0 Å². The smallest absolute Gasteiger partial charge is 0.336 e. The summed E-state index contributed by atoms with van der Waals surface area (Å²) in [4.78, 5) is 43.4. The molecule has 0 spiro atoms. The fourth-order valence-electron chi connectivity index (χ4n) is 5.08. The van der Waals surface area contributed by atoms with Gasteiger partial charge in [0, 0.05) is 42.9 Å². The number of carbonyl (C=O) groups is 3. The van der Waals surface area contributed by atoms with Crippen LogP contribution in [-0.4, -0.2) is 60.2 Å². The number of nitriles is 1. The number of nitrogens with zero attached hydrogens (tertiary/aromatic N) is 4. The van der Waals surface area contributed by atoms with Gasteiger partial charge in [0.05, 0.1) is 22.9 Å². The lowest BCUT2D eigenvalue weighted by Gasteiger charge is -2.34. The SMILES string of the molecule is CC1=C(CCCCCN2CCN(C(=O)c3ccc(C)cc3)CC2)C(=O)N(c2ccc(C#N)c(C(F)(F)F)c2)C1=O. The fraction of sp³-hybridized carbons (Fsp3) is 0.400. The number of hydrogen-bond donors (Lipinski definition) is 0. The van der Waals surface area contributed by atoms with Crippen LogP contribution in [0.1, 0.15) is 59.7 Å². The van der Waals surface area contributed by atoms with Gasteiger partial charge < -0.3 is 4.90 Å². The summed E-state index contributed by atoms with van der Waals surface area (Å²) in [5.41, 5.74) is 0.403. The maximum absolute atomic E-state index is 13.4. The van der Waals surface area contributed by atoms with Gasteiger partial charge in [0.1, 0.15) is 0 Å². The summed E-state index contributed by atoms with van der Waals surface area (Å²) in [6, 6.07) is 11.9. The third-order valence-electron chi connectivity index (χ3n) is 7.48. The number of piperazine rings is 1. The summed E-state index contributed by atoms with van der Waals surface area (Å²) < 4.78 is 40.2. The maximum atomic E-state index is 13.4. The molecule has 210 valence electrons. The Labute approximate surface area is 231 Å². The molecule has 2 aliphatic heterocycles. The molecule has 2 heterocycles. The molecule has 4 rings (SSSR count). The van der Waals surface area contributed by atoms with Crippen molar-refractivity contribution in [3.63, 3.8) is 0 Å². The van der Waals surface area contributed by atoms with E-state index in [4.69, 9.17) is 5.26 Å². The lowest BCUT2D eigenvalue weighted by Crippen LogP contribution is -2.48. The summed E-state index contributed by atoms with van der Waals surface area (Å²) >= 11 is 0. The van der Waals surface area contributed by atoms with Crippen LogP contribution in [-0.2, 0) is 15.8 Å². The van der Waals surface area contributed by atoms with E-state index < -0.39 is 29.1 Å². The first-order valence-corrected chi connectivity index (χ1v) is 13.3. The lowest BCUT2D eigenvalue weighted by atomic mass is 10.0. The third kappa shape index (κ3) is 6.26. The molecule has 2 aliphatic rings. The van der Waals surface area contributed by atoms with Crippen molar-refractivity contribution < 1.29 is 27.6 Å². The van der Waals surface area contributed by atoms with Crippen LogP contribution in [0.4, 0.5) is 18.9 Å². The number of benzene rings is 2. The Morgan fingerprint density at radius 1 is 0.925 bits per heavy atom. The van der Waals surface area contributed by atoms with Crippen molar-refractivity contribution in [2.24, 2.45) is 0 Å². The number of unbranched alkanes of at least 4 members (excludes halogenated alkanes) is 2. The molecule has 2 aromatic carbocycles. The van der Waals surface area contributed by atoms with Crippen molar-refractivity contribution in [1.82, 2.24) is 9.80 Å². The van der Waals surface area contributed by atoms with Gasteiger partial charge in [-0.1, -0.05) is 24.1 Å². The van der Waals surface area contributed by atoms with Gasteiger partial charge in [-0.25, -0.2) is 4.90 Å². The van der Waals surface area contributed by atoms with Gasteiger partial charge >= 0.3 is 6.18 Å². The molecule has 0 radical (unpaired) electrons. The molecule has 1 fully saturated rings. The fourth-order valence-corrected chi connectivity index (χ4v) is 5.08. The molecule has 3 amide bonds. The molecule has 0 aliphatic carbocycles. The molecule has 0 atom stereocenters. The molecule has 10 heteroatoms. The first-order valence-electron chi connectivity index (χ1n) is 13.3. The van der Waals surface area contributed by atoms with Crippen molar-refractivity contribution in [3.8, 4) is 6.07 Å². The average Bonchev–Trinajstić information content (AvgIpc) is 3.15. The predicted molar refractivity (Wildman–Crippen MR) is 143 cm³/mol. The molecule has 0 unspecified atom stereocenters. The number of imide groups is 1. The molecule has 1 saturated heterocycles. The summed E-state index contributed by atoms with van der Waals surface area (Å²) in [6.07, 6.45) is -2.08. The summed E-state index contributed by atoms with van der Waals surface area (Å²) in [5, 5.41) is 9.01. The first-order chi connectivity index (χ1) is 19.0. The van der Waals surface area contributed by atoms with Crippen LogP contribution >= 0.6 is 0 Å². The molecule has 0 N–H and O–H groups in total. The predicted octanol–water partition coefficient (Wildman–Crippen LogP) is 5.09. The van der Waals surface area contributed by atoms with Gasteiger partial charge in [0.2, 0.25) is 0 Å². The molecule has 0 saturated carbocycles. The van der Waals surface area contributed by atoms with E-state index in [0.717, 1.165) is 49.0 Å². The zero-order valence-corrected chi connectivity index (χ0v) is 22.6. The van der Waals surface area contributed by atoms with E-state index in [-0.39, 0.29) is 17.2 Å². The molecule has 2 aromatic rings. The van der Waals surface area contributed by atoms with Crippen LogP contribution in [0.5, 0.6) is 0 Å². The summed E-state index contributed by atoms with van der Waals surface area (Å²) in [7, 11) is 0. The normalized spacial score (nSPS) is 16.6. The topological polar surface area (TPSA) is 84.7 Å². The van der Waals surface area contributed by atoms with Gasteiger partial charge in [-0.2, -0.15) is 18.4 Å². The minimum Gasteiger partial charge on any atom is -0.336 e. The number of aryl methyl sites for hydroxylation is 1. The number of hydrogen-bond acceptors (Lipinski definition) is 5. The minimum atomic E-state index is -4.79. The second-order valence-electron chi connectivity index (χ2n) is 10.2. The Morgan fingerprint density at radius 3 is 2.23 bits per heavy atom. The van der Waals surface area contributed by atoms with Crippen molar-refractivity contribution in [1.29, 1.82) is 5.26 Å². The van der Waals surface area contributed by atoms with E-state index in [1.807, 2.05) is 36.1 Å². The van der Waals surface area contributed by atoms with Crippen LogP contribution < -0.4 is 4.90 Å². The standard InChI is InChI=1S/C30H31F3N4O3/c1-20-7-9-22(10-8-20)28(39)36-16-14-35(15-17-36)13-5-3-4-6-25-21(2)27(38)37(29(25)40)24-12-11-23(19-34)26(18-24)30(31,32)33/h7-12,18H,3-6,13-17H2,1-2H3. The Morgan fingerprint density at radius 2 is 1.60 bits per heavy atom. The minimum absolute atomic E-state index is 0.0451. The quantitative estimate of drug-likeness (QED) is 0.336. The molecular weight excluding hydrogens is 521 g/mol. The van der Waals surface area contributed by atoms with E-state index in [2.05, 4.69) is 4.90 Å².